The number of hydrogen-bond donors (Lipinski definition) is 1. The number of benzene rings is 2. The molecule has 0 heterocycles. The van der Waals surface area contributed by atoms with Crippen LogP contribution in [0.5, 0.6) is 0 Å². The highest BCUT2D eigenvalue weighted by molar-refractivity contribution is 7.89. The van der Waals surface area contributed by atoms with Crippen LogP contribution in [0, 0.1) is 21.7 Å². The molecule has 0 unspecified atom stereocenters. The van der Waals surface area contributed by atoms with Crippen molar-refractivity contribution < 1.29 is 22.1 Å². The van der Waals surface area contributed by atoms with Crippen LogP contribution >= 0.6 is 0 Å². The van der Waals surface area contributed by atoms with Gasteiger partial charge in [-0.05, 0) is 24.3 Å². The van der Waals surface area contributed by atoms with Crippen molar-refractivity contribution in [2.45, 2.75) is 18.7 Å². The fraction of sp³-hybridized carbons (Fsp3) is 0.235. The molecule has 0 bridgehead atoms. The Bertz CT molecular complexity index is 1010. The summed E-state index contributed by atoms with van der Waals surface area (Å²) < 4.78 is 52.7. The first-order chi connectivity index (χ1) is 13.2. The smallest absolute Gasteiger partial charge is 0.272 e. The molecule has 0 saturated carbocycles. The zero-order chi connectivity index (χ0) is 20.9. The van der Waals surface area contributed by atoms with Gasteiger partial charge in [-0.3, -0.25) is 15.5 Å². The van der Waals surface area contributed by atoms with Crippen LogP contribution in [0.15, 0.2) is 46.4 Å². The van der Waals surface area contributed by atoms with Crippen LogP contribution in [0.4, 0.5) is 20.2 Å². The second-order valence-corrected chi connectivity index (χ2v) is 7.50. The average molecular weight is 412 g/mol. The third-order valence-corrected chi connectivity index (χ3v) is 5.91. The van der Waals surface area contributed by atoms with E-state index in [2.05, 4.69) is 10.5 Å². The van der Waals surface area contributed by atoms with Crippen molar-refractivity contribution in [3.8, 4) is 0 Å². The van der Waals surface area contributed by atoms with E-state index >= 15 is 0 Å². The van der Waals surface area contributed by atoms with Crippen LogP contribution in [-0.4, -0.2) is 37.0 Å². The molecule has 0 aliphatic carbocycles. The zero-order valence-corrected chi connectivity index (χ0v) is 15.9. The largest absolute Gasteiger partial charge is 0.295 e. The molecule has 0 saturated heterocycles. The number of hydrazone groups is 1. The predicted octanol–water partition coefficient (Wildman–Crippen LogP) is 3.35. The second kappa shape index (κ2) is 8.85. The molecule has 0 aliphatic heterocycles. The van der Waals surface area contributed by atoms with Crippen LogP contribution in [0.2, 0.25) is 0 Å². The molecule has 0 spiro atoms. The molecule has 0 aromatic heterocycles. The predicted molar refractivity (Wildman–Crippen MR) is 101 cm³/mol. The Labute approximate surface area is 160 Å². The van der Waals surface area contributed by atoms with Crippen molar-refractivity contribution in [1.29, 1.82) is 0 Å². The minimum Gasteiger partial charge on any atom is -0.272 e. The lowest BCUT2D eigenvalue weighted by Crippen LogP contribution is -2.30. The van der Waals surface area contributed by atoms with Crippen LogP contribution in [0.25, 0.3) is 0 Å². The minimum absolute atomic E-state index is 0.0303. The Morgan fingerprint density at radius 1 is 1.18 bits per heavy atom. The maximum Gasteiger partial charge on any atom is 0.295 e. The van der Waals surface area contributed by atoms with Crippen LogP contribution in [0.1, 0.15) is 19.4 Å². The van der Waals surface area contributed by atoms with Gasteiger partial charge in [0.1, 0.15) is 17.3 Å². The molecule has 1 N–H and O–H groups in total. The van der Waals surface area contributed by atoms with Gasteiger partial charge in [0.25, 0.3) is 5.69 Å². The molecule has 2 rings (SSSR count). The Morgan fingerprint density at radius 3 is 2.43 bits per heavy atom. The van der Waals surface area contributed by atoms with E-state index < -0.39 is 32.3 Å². The summed E-state index contributed by atoms with van der Waals surface area (Å²) in [6.45, 7) is 3.77. The SMILES string of the molecule is CCN(CC)S(=O)(=O)c1ccc(N/N=C/c2ccc(F)cc2F)c([N+](=O)[O-])c1. The summed E-state index contributed by atoms with van der Waals surface area (Å²) in [6, 6.07) is 6.23. The fourth-order valence-corrected chi connectivity index (χ4v) is 3.89. The number of sulfonamides is 1. The van der Waals surface area contributed by atoms with Crippen molar-refractivity contribution in [2.75, 3.05) is 18.5 Å². The van der Waals surface area contributed by atoms with E-state index in [-0.39, 0.29) is 29.2 Å². The Balaban J connectivity index is 2.33. The van der Waals surface area contributed by atoms with Gasteiger partial charge in [0.2, 0.25) is 10.0 Å². The molecule has 8 nitrogen and oxygen atoms in total. The van der Waals surface area contributed by atoms with E-state index in [1.54, 1.807) is 13.8 Å². The molecule has 2 aromatic rings. The van der Waals surface area contributed by atoms with Crippen LogP contribution in [0.3, 0.4) is 0 Å². The van der Waals surface area contributed by atoms with Crippen molar-refractivity contribution in [3.05, 3.63) is 63.7 Å². The van der Waals surface area contributed by atoms with Gasteiger partial charge in [0.15, 0.2) is 0 Å². The van der Waals surface area contributed by atoms with Gasteiger partial charge >= 0.3 is 0 Å². The molecule has 0 aliphatic rings. The average Bonchev–Trinajstić information content (AvgIpc) is 2.64. The van der Waals surface area contributed by atoms with Crippen LogP contribution < -0.4 is 5.43 Å². The first-order valence-electron chi connectivity index (χ1n) is 8.23. The lowest BCUT2D eigenvalue weighted by molar-refractivity contribution is -0.384. The number of rotatable bonds is 8. The minimum atomic E-state index is -3.87. The number of nitrogens with one attached hydrogen (secondary N) is 1. The normalized spacial score (nSPS) is 11.9. The van der Waals surface area contributed by atoms with Gasteiger partial charge in [-0.25, -0.2) is 17.2 Å². The van der Waals surface area contributed by atoms with Crippen molar-refractivity contribution >= 4 is 27.6 Å². The third-order valence-electron chi connectivity index (χ3n) is 3.86. The molecular weight excluding hydrogens is 394 g/mol. The zero-order valence-electron chi connectivity index (χ0n) is 15.1. The quantitative estimate of drug-likeness (QED) is 0.407. The number of halogens is 2. The van der Waals surface area contributed by atoms with E-state index in [1.165, 1.54) is 16.4 Å². The second-order valence-electron chi connectivity index (χ2n) is 5.56. The summed E-state index contributed by atoms with van der Waals surface area (Å²) in [4.78, 5) is 10.4. The highest BCUT2D eigenvalue weighted by Crippen LogP contribution is 2.29. The number of nitro benzene ring substituents is 1. The Hall–Kier alpha value is -2.92. The summed E-state index contributed by atoms with van der Waals surface area (Å²) in [5, 5.41) is 15.0. The molecular formula is C17H18F2N4O4S. The van der Waals surface area contributed by atoms with Gasteiger partial charge < -0.3 is 0 Å². The Morgan fingerprint density at radius 2 is 1.86 bits per heavy atom. The Kier molecular flexibility index (Phi) is 6.75. The number of nitrogens with zero attached hydrogens (tertiary/aromatic N) is 3. The van der Waals surface area contributed by atoms with E-state index in [4.69, 9.17) is 0 Å². The molecule has 28 heavy (non-hydrogen) atoms. The molecule has 11 heteroatoms. The first kappa shape index (κ1) is 21.4. The van der Waals surface area contributed by atoms with E-state index in [9.17, 15) is 27.3 Å². The van der Waals surface area contributed by atoms with E-state index in [0.29, 0.717) is 6.07 Å². The topological polar surface area (TPSA) is 105 Å². The summed E-state index contributed by atoms with van der Waals surface area (Å²) in [7, 11) is -3.87. The number of nitro groups is 1. The molecule has 0 radical (unpaired) electrons. The van der Waals surface area contributed by atoms with E-state index in [1.807, 2.05) is 0 Å². The molecule has 0 fully saturated rings. The van der Waals surface area contributed by atoms with Gasteiger partial charge in [-0.1, -0.05) is 13.8 Å². The van der Waals surface area contributed by atoms with Gasteiger partial charge in [-0.2, -0.15) is 9.41 Å². The summed E-state index contributed by atoms with van der Waals surface area (Å²) >= 11 is 0. The summed E-state index contributed by atoms with van der Waals surface area (Å²) in [6.07, 6.45) is 1.03. The summed E-state index contributed by atoms with van der Waals surface area (Å²) in [5.74, 6) is -1.59. The van der Waals surface area contributed by atoms with Gasteiger partial charge in [0, 0.05) is 30.8 Å². The van der Waals surface area contributed by atoms with Crippen molar-refractivity contribution in [2.24, 2.45) is 5.10 Å². The van der Waals surface area contributed by atoms with E-state index in [0.717, 1.165) is 24.4 Å². The summed E-state index contributed by atoms with van der Waals surface area (Å²) in [5.41, 5.74) is 1.76. The van der Waals surface area contributed by atoms with Gasteiger partial charge in [-0.15, -0.1) is 0 Å². The molecule has 2 aromatic carbocycles. The highest BCUT2D eigenvalue weighted by atomic mass is 32.2. The number of anilines is 1. The van der Waals surface area contributed by atoms with Gasteiger partial charge in [0.05, 0.1) is 16.0 Å². The molecule has 0 atom stereocenters. The third kappa shape index (κ3) is 4.67. The lowest BCUT2D eigenvalue weighted by Gasteiger charge is -2.18. The van der Waals surface area contributed by atoms with Crippen molar-refractivity contribution in [3.63, 3.8) is 0 Å². The molecule has 0 amide bonds. The van der Waals surface area contributed by atoms with Crippen LogP contribution in [-0.2, 0) is 10.0 Å². The highest BCUT2D eigenvalue weighted by Gasteiger charge is 2.25. The number of hydrogen-bond acceptors (Lipinski definition) is 6. The lowest BCUT2D eigenvalue weighted by atomic mass is 10.2. The van der Waals surface area contributed by atoms with Crippen molar-refractivity contribution in [1.82, 2.24) is 4.31 Å². The maximum atomic E-state index is 13.6. The first-order valence-corrected chi connectivity index (χ1v) is 9.67. The monoisotopic (exact) mass is 412 g/mol. The standard InChI is InChI=1S/C17H18F2N4O4S/c1-3-22(4-2)28(26,27)14-7-8-16(17(10-14)23(24)25)21-20-11-12-5-6-13(18)9-15(12)19/h5-11,21H,3-4H2,1-2H3/b20-11+. The molecule has 150 valence electrons. The maximum absolute atomic E-state index is 13.6. The fourth-order valence-electron chi connectivity index (χ4n) is 2.41.